The summed E-state index contributed by atoms with van der Waals surface area (Å²) in [5.74, 6) is -0.494. The molecule has 3 atom stereocenters. The minimum absolute atomic E-state index is 0.142. The third-order valence-electron chi connectivity index (χ3n) is 3.93. The first-order valence-electron chi connectivity index (χ1n) is 7.89. The van der Waals surface area contributed by atoms with E-state index in [0.717, 1.165) is 17.7 Å². The third-order valence-corrected chi connectivity index (χ3v) is 3.93. The third kappa shape index (κ3) is 4.69. The minimum Gasteiger partial charge on any atom is -0.488 e. The lowest BCUT2D eigenvalue weighted by Gasteiger charge is -2.20. The van der Waals surface area contributed by atoms with Crippen LogP contribution in [0.15, 0.2) is 24.3 Å². The summed E-state index contributed by atoms with van der Waals surface area (Å²) in [5, 5.41) is 11.7. The maximum Gasteiger partial charge on any atom is 0.332 e. The Morgan fingerprint density at radius 2 is 2.04 bits per heavy atom. The lowest BCUT2D eigenvalue weighted by Crippen LogP contribution is -2.41. The van der Waals surface area contributed by atoms with Gasteiger partial charge in [0.2, 0.25) is 5.91 Å². The van der Waals surface area contributed by atoms with Crippen LogP contribution in [0.25, 0.3) is 0 Å². The Kier molecular flexibility index (Phi) is 5.98. The molecule has 1 saturated heterocycles. The molecule has 0 spiro atoms. The van der Waals surface area contributed by atoms with Gasteiger partial charge in [-0.05, 0) is 37.8 Å². The van der Waals surface area contributed by atoms with Gasteiger partial charge in [0.05, 0.1) is 6.54 Å². The zero-order valence-corrected chi connectivity index (χ0v) is 13.5. The van der Waals surface area contributed by atoms with Crippen LogP contribution < -0.4 is 10.1 Å². The van der Waals surface area contributed by atoms with Gasteiger partial charge in [0.15, 0.2) is 6.10 Å². The van der Waals surface area contributed by atoms with Crippen molar-refractivity contribution in [2.24, 2.45) is 0 Å². The highest BCUT2D eigenvalue weighted by molar-refractivity contribution is 5.82. The van der Waals surface area contributed by atoms with E-state index in [2.05, 4.69) is 5.32 Å². The topological polar surface area (TPSA) is 84.9 Å². The zero-order chi connectivity index (χ0) is 16.8. The summed E-state index contributed by atoms with van der Waals surface area (Å²) in [6.07, 6.45) is -0.166. The highest BCUT2D eigenvalue weighted by Gasteiger charge is 2.34. The Bertz CT molecular complexity index is 560. The molecule has 1 aromatic carbocycles. The van der Waals surface area contributed by atoms with Crippen molar-refractivity contribution in [1.29, 1.82) is 0 Å². The maximum absolute atomic E-state index is 12.1. The first kappa shape index (κ1) is 17.3. The molecule has 1 aliphatic rings. The van der Waals surface area contributed by atoms with E-state index in [1.807, 2.05) is 38.1 Å². The standard InChI is InChI=1S/C17H23NO5/c1-3-12(22-13-7-5-4-6-11(13)2)10-18-16(19)14-8-9-15(23-14)17(20)21/h4-7,12,14-15H,3,8-10H2,1-2H3,(H,18,19)(H,20,21)/t12?,14-,15+/m0/s1. The van der Waals surface area contributed by atoms with Gasteiger partial charge in [-0.3, -0.25) is 4.79 Å². The van der Waals surface area contributed by atoms with Crippen LogP contribution in [0, 0.1) is 6.92 Å². The number of amides is 1. The molecule has 23 heavy (non-hydrogen) atoms. The second-order valence-corrected chi connectivity index (χ2v) is 5.69. The van der Waals surface area contributed by atoms with Gasteiger partial charge in [-0.25, -0.2) is 4.79 Å². The number of aliphatic carboxylic acids is 1. The van der Waals surface area contributed by atoms with E-state index in [-0.39, 0.29) is 12.0 Å². The van der Waals surface area contributed by atoms with Gasteiger partial charge in [0.1, 0.15) is 18.0 Å². The molecule has 1 aliphatic heterocycles. The largest absolute Gasteiger partial charge is 0.488 e. The molecule has 1 fully saturated rings. The van der Waals surface area contributed by atoms with Crippen LogP contribution >= 0.6 is 0 Å². The van der Waals surface area contributed by atoms with Crippen molar-refractivity contribution in [3.05, 3.63) is 29.8 Å². The summed E-state index contributed by atoms with van der Waals surface area (Å²) >= 11 is 0. The van der Waals surface area contributed by atoms with Crippen molar-refractivity contribution in [3.8, 4) is 5.75 Å². The molecule has 0 aromatic heterocycles. The molecule has 1 heterocycles. The molecule has 1 amide bonds. The predicted octanol–water partition coefficient (Wildman–Crippen LogP) is 1.90. The van der Waals surface area contributed by atoms with Gasteiger partial charge >= 0.3 is 5.97 Å². The van der Waals surface area contributed by atoms with Crippen LogP contribution in [0.1, 0.15) is 31.7 Å². The van der Waals surface area contributed by atoms with Gasteiger partial charge in [0, 0.05) is 0 Å². The molecule has 0 bridgehead atoms. The Morgan fingerprint density at radius 1 is 1.35 bits per heavy atom. The minimum atomic E-state index is -1.02. The quantitative estimate of drug-likeness (QED) is 0.801. The number of rotatable bonds is 7. The summed E-state index contributed by atoms with van der Waals surface area (Å²) in [6.45, 7) is 4.32. The van der Waals surface area contributed by atoms with Gasteiger partial charge in [-0.2, -0.15) is 0 Å². The molecule has 2 rings (SSSR count). The molecular weight excluding hydrogens is 298 g/mol. The number of ether oxygens (including phenoxy) is 2. The number of carboxylic acid groups (broad SMARTS) is 1. The van der Waals surface area contributed by atoms with Crippen LogP contribution in [-0.2, 0) is 14.3 Å². The SMILES string of the molecule is CCC(CNC(=O)[C@@H]1CC[C@H](C(=O)O)O1)Oc1ccccc1C. The van der Waals surface area contributed by atoms with Crippen LogP contribution in [0.4, 0.5) is 0 Å². The van der Waals surface area contributed by atoms with Crippen LogP contribution in [-0.4, -0.2) is 41.8 Å². The summed E-state index contributed by atoms with van der Waals surface area (Å²) in [4.78, 5) is 22.9. The van der Waals surface area contributed by atoms with Crippen LogP contribution in [0.3, 0.4) is 0 Å². The average molecular weight is 321 g/mol. The van der Waals surface area contributed by atoms with Gasteiger partial charge < -0.3 is 19.9 Å². The zero-order valence-electron chi connectivity index (χ0n) is 13.5. The number of aryl methyl sites for hydroxylation is 1. The molecule has 6 heteroatoms. The van der Waals surface area contributed by atoms with E-state index in [4.69, 9.17) is 14.6 Å². The van der Waals surface area contributed by atoms with Gasteiger partial charge in [-0.1, -0.05) is 25.1 Å². The number of para-hydroxylation sites is 1. The highest BCUT2D eigenvalue weighted by atomic mass is 16.5. The van der Waals surface area contributed by atoms with Crippen molar-refractivity contribution in [3.63, 3.8) is 0 Å². The van der Waals surface area contributed by atoms with E-state index in [9.17, 15) is 9.59 Å². The molecule has 0 saturated carbocycles. The number of nitrogens with one attached hydrogen (secondary N) is 1. The monoisotopic (exact) mass is 321 g/mol. The molecular formula is C17H23NO5. The molecule has 126 valence electrons. The Morgan fingerprint density at radius 3 is 2.65 bits per heavy atom. The smallest absolute Gasteiger partial charge is 0.332 e. The summed E-state index contributed by atoms with van der Waals surface area (Å²) in [6, 6.07) is 7.73. The van der Waals surface area contributed by atoms with Crippen LogP contribution in [0.2, 0.25) is 0 Å². The fourth-order valence-electron chi connectivity index (χ4n) is 2.48. The van der Waals surface area contributed by atoms with E-state index in [1.165, 1.54) is 0 Å². The number of carboxylic acids is 1. The number of carbonyl (C=O) groups is 2. The number of hydrogen-bond acceptors (Lipinski definition) is 4. The van der Waals surface area contributed by atoms with Gasteiger partial charge in [-0.15, -0.1) is 0 Å². The molecule has 0 aliphatic carbocycles. The number of carbonyl (C=O) groups excluding carboxylic acids is 1. The average Bonchev–Trinajstić information content (AvgIpc) is 3.03. The maximum atomic E-state index is 12.1. The van der Waals surface area contributed by atoms with E-state index < -0.39 is 18.2 Å². The van der Waals surface area contributed by atoms with E-state index in [0.29, 0.717) is 19.4 Å². The van der Waals surface area contributed by atoms with Crippen molar-refractivity contribution in [2.75, 3.05) is 6.54 Å². The van der Waals surface area contributed by atoms with Crippen molar-refractivity contribution in [1.82, 2.24) is 5.32 Å². The molecule has 0 radical (unpaired) electrons. The Hall–Kier alpha value is -2.08. The molecule has 1 unspecified atom stereocenters. The summed E-state index contributed by atoms with van der Waals surface area (Å²) in [7, 11) is 0. The highest BCUT2D eigenvalue weighted by Crippen LogP contribution is 2.21. The summed E-state index contributed by atoms with van der Waals surface area (Å²) in [5.41, 5.74) is 1.04. The first-order valence-corrected chi connectivity index (χ1v) is 7.89. The molecule has 6 nitrogen and oxygen atoms in total. The second-order valence-electron chi connectivity index (χ2n) is 5.69. The molecule has 1 aromatic rings. The fourth-order valence-corrected chi connectivity index (χ4v) is 2.48. The van der Waals surface area contributed by atoms with E-state index >= 15 is 0 Å². The Labute approximate surface area is 135 Å². The number of hydrogen-bond donors (Lipinski definition) is 2. The molecule has 2 N–H and O–H groups in total. The van der Waals surface area contributed by atoms with Crippen LogP contribution in [0.5, 0.6) is 5.75 Å². The van der Waals surface area contributed by atoms with Crippen molar-refractivity contribution >= 4 is 11.9 Å². The predicted molar refractivity (Wildman–Crippen MR) is 84.4 cm³/mol. The first-order chi connectivity index (χ1) is 11.0. The fraction of sp³-hybridized carbons (Fsp3) is 0.529. The van der Waals surface area contributed by atoms with Crippen molar-refractivity contribution < 1.29 is 24.2 Å². The van der Waals surface area contributed by atoms with Crippen molar-refractivity contribution in [2.45, 2.75) is 51.4 Å². The second kappa shape index (κ2) is 7.97. The van der Waals surface area contributed by atoms with Gasteiger partial charge in [0.25, 0.3) is 0 Å². The van der Waals surface area contributed by atoms with E-state index in [1.54, 1.807) is 0 Å². The number of benzene rings is 1. The lowest BCUT2D eigenvalue weighted by atomic mass is 10.2. The lowest BCUT2D eigenvalue weighted by molar-refractivity contribution is -0.151. The Balaban J connectivity index is 1.82. The summed E-state index contributed by atoms with van der Waals surface area (Å²) < 4.78 is 11.2. The normalized spacial score (nSPS) is 21.7.